The second kappa shape index (κ2) is 3.36. The van der Waals surface area contributed by atoms with Crippen LogP contribution in [0.25, 0.3) is 5.57 Å². The van der Waals surface area contributed by atoms with Crippen molar-refractivity contribution in [3.8, 4) is 0 Å². The van der Waals surface area contributed by atoms with Crippen molar-refractivity contribution in [2.24, 2.45) is 0 Å². The van der Waals surface area contributed by atoms with Gasteiger partial charge < -0.3 is 9.72 Å². The maximum absolute atomic E-state index is 11.1. The third kappa shape index (κ3) is 1.82. The van der Waals surface area contributed by atoms with E-state index in [9.17, 15) is 4.79 Å². The smallest absolute Gasteiger partial charge is 0.183 e. The highest BCUT2D eigenvalue weighted by molar-refractivity contribution is 6.29. The summed E-state index contributed by atoms with van der Waals surface area (Å²) in [5, 5.41) is 0.357. The Morgan fingerprint density at radius 2 is 2.31 bits per heavy atom. The first-order valence-electron chi connectivity index (χ1n) is 3.93. The molecule has 0 aliphatic carbocycles. The minimum atomic E-state index is -0.0912. The highest BCUT2D eigenvalue weighted by Crippen LogP contribution is 2.16. The second-order valence-corrected chi connectivity index (χ2v) is 3.23. The molecule has 2 heterocycles. The molecule has 68 valence electrons. The fraction of sp³-hybridized carbons (Fsp3) is 0.222. The maximum Gasteiger partial charge on any atom is 0.183 e. The molecule has 0 radical (unpaired) electrons. The summed E-state index contributed by atoms with van der Waals surface area (Å²) in [7, 11) is 0. The summed E-state index contributed by atoms with van der Waals surface area (Å²) >= 11 is 5.70. The number of pyridine rings is 1. The molecule has 0 saturated carbocycles. The van der Waals surface area contributed by atoms with E-state index in [1.54, 1.807) is 0 Å². The van der Waals surface area contributed by atoms with Crippen LogP contribution in [0.4, 0.5) is 0 Å². The van der Waals surface area contributed by atoms with Crippen LogP contribution in [0.5, 0.6) is 0 Å². The second-order valence-electron chi connectivity index (χ2n) is 2.82. The normalized spacial score (nSPS) is 15.9. The highest BCUT2D eigenvalue weighted by Gasteiger charge is 2.08. The van der Waals surface area contributed by atoms with Gasteiger partial charge in [-0.3, -0.25) is 4.79 Å². The van der Waals surface area contributed by atoms with Crippen LogP contribution in [0.1, 0.15) is 5.69 Å². The molecule has 1 aliphatic rings. The Kier molecular flexibility index (Phi) is 2.20. The Morgan fingerprint density at radius 3 is 2.92 bits per heavy atom. The van der Waals surface area contributed by atoms with E-state index < -0.39 is 0 Å². The monoisotopic (exact) mass is 197 g/mol. The van der Waals surface area contributed by atoms with Crippen LogP contribution >= 0.6 is 11.6 Å². The zero-order chi connectivity index (χ0) is 9.26. The molecule has 13 heavy (non-hydrogen) atoms. The lowest BCUT2D eigenvalue weighted by Crippen LogP contribution is -2.02. The predicted octanol–water partition coefficient (Wildman–Crippen LogP) is 1.44. The molecule has 0 unspecified atom stereocenters. The van der Waals surface area contributed by atoms with Crippen molar-refractivity contribution in [3.63, 3.8) is 0 Å². The number of aromatic amines is 1. The van der Waals surface area contributed by atoms with Gasteiger partial charge in [-0.15, -0.1) is 0 Å². The third-order valence-electron chi connectivity index (χ3n) is 1.86. The summed E-state index contributed by atoms with van der Waals surface area (Å²) < 4.78 is 5.13. The van der Waals surface area contributed by atoms with Gasteiger partial charge in [0.15, 0.2) is 5.43 Å². The summed E-state index contributed by atoms with van der Waals surface area (Å²) in [6.07, 6.45) is 1.93. The molecule has 4 heteroatoms. The molecule has 2 rings (SSSR count). The third-order valence-corrected chi connectivity index (χ3v) is 2.06. The molecular formula is C9H8ClNO2. The molecule has 0 aromatic carbocycles. The first kappa shape index (κ1) is 8.53. The Labute approximate surface area is 80.0 Å². The van der Waals surface area contributed by atoms with E-state index in [1.807, 2.05) is 6.08 Å². The van der Waals surface area contributed by atoms with Gasteiger partial charge in [0.05, 0.1) is 13.2 Å². The molecule has 3 nitrogen and oxygen atoms in total. The van der Waals surface area contributed by atoms with Gasteiger partial charge in [0.2, 0.25) is 0 Å². The Bertz CT molecular complexity index is 408. The van der Waals surface area contributed by atoms with Gasteiger partial charge in [0.1, 0.15) is 5.15 Å². The van der Waals surface area contributed by atoms with Crippen molar-refractivity contribution in [1.29, 1.82) is 0 Å². The molecule has 1 aliphatic heterocycles. The van der Waals surface area contributed by atoms with E-state index in [0.717, 1.165) is 11.3 Å². The Balaban J connectivity index is 2.45. The van der Waals surface area contributed by atoms with Gasteiger partial charge in [-0.1, -0.05) is 17.7 Å². The van der Waals surface area contributed by atoms with Crippen LogP contribution in [0.15, 0.2) is 23.0 Å². The summed E-state index contributed by atoms with van der Waals surface area (Å²) in [4.78, 5) is 14.0. The maximum atomic E-state index is 11.1. The minimum Gasteiger partial charge on any atom is -0.373 e. The largest absolute Gasteiger partial charge is 0.373 e. The number of ether oxygens (including phenoxy) is 1. The van der Waals surface area contributed by atoms with Gasteiger partial charge in [-0.25, -0.2) is 0 Å². The molecule has 0 saturated heterocycles. The van der Waals surface area contributed by atoms with Crippen molar-refractivity contribution >= 4 is 17.2 Å². The summed E-state index contributed by atoms with van der Waals surface area (Å²) in [6, 6.07) is 2.87. The zero-order valence-electron chi connectivity index (χ0n) is 6.84. The fourth-order valence-corrected chi connectivity index (χ4v) is 1.47. The topological polar surface area (TPSA) is 42.1 Å². The van der Waals surface area contributed by atoms with Crippen LogP contribution in [0, 0.1) is 0 Å². The van der Waals surface area contributed by atoms with Crippen molar-refractivity contribution < 1.29 is 4.74 Å². The van der Waals surface area contributed by atoms with Crippen LogP contribution in [-0.2, 0) is 4.74 Å². The van der Waals surface area contributed by atoms with Gasteiger partial charge in [0, 0.05) is 17.8 Å². The standard InChI is InChI=1S/C9H8ClNO2/c10-9-4-7(12)3-8(11-9)6-1-2-13-5-6/h1,3-4H,2,5H2,(H,11,12). The number of rotatable bonds is 1. The summed E-state index contributed by atoms with van der Waals surface area (Å²) in [5.41, 5.74) is 1.64. The van der Waals surface area contributed by atoms with Gasteiger partial charge in [-0.2, -0.15) is 0 Å². The molecular weight excluding hydrogens is 190 g/mol. The lowest BCUT2D eigenvalue weighted by molar-refractivity contribution is 0.216. The average molecular weight is 198 g/mol. The van der Waals surface area contributed by atoms with Crippen LogP contribution in [0.2, 0.25) is 5.15 Å². The predicted molar refractivity (Wildman–Crippen MR) is 50.9 cm³/mol. The number of nitrogens with one attached hydrogen (secondary N) is 1. The lowest BCUT2D eigenvalue weighted by Gasteiger charge is -2.01. The van der Waals surface area contributed by atoms with Gasteiger partial charge in [-0.05, 0) is 5.57 Å². The molecule has 0 amide bonds. The van der Waals surface area contributed by atoms with E-state index in [4.69, 9.17) is 16.3 Å². The number of hydrogen-bond acceptors (Lipinski definition) is 2. The van der Waals surface area contributed by atoms with Crippen molar-refractivity contribution in [2.45, 2.75) is 0 Å². The van der Waals surface area contributed by atoms with Crippen LogP contribution < -0.4 is 5.43 Å². The quantitative estimate of drug-likeness (QED) is 0.693. The summed E-state index contributed by atoms with van der Waals surface area (Å²) in [6.45, 7) is 1.14. The van der Waals surface area contributed by atoms with Crippen LogP contribution in [-0.4, -0.2) is 18.2 Å². The Morgan fingerprint density at radius 1 is 1.46 bits per heavy atom. The molecule has 1 aromatic rings. The first-order chi connectivity index (χ1) is 6.25. The first-order valence-corrected chi connectivity index (χ1v) is 4.30. The van der Waals surface area contributed by atoms with Crippen molar-refractivity contribution in [3.05, 3.63) is 39.3 Å². The average Bonchev–Trinajstić information content (AvgIpc) is 2.53. The molecule has 0 fully saturated rings. The number of aromatic nitrogens is 1. The van der Waals surface area contributed by atoms with Gasteiger partial charge >= 0.3 is 0 Å². The highest BCUT2D eigenvalue weighted by atomic mass is 35.5. The zero-order valence-corrected chi connectivity index (χ0v) is 7.60. The molecule has 0 spiro atoms. The van der Waals surface area contributed by atoms with E-state index in [0.29, 0.717) is 18.4 Å². The van der Waals surface area contributed by atoms with E-state index >= 15 is 0 Å². The van der Waals surface area contributed by atoms with E-state index in [-0.39, 0.29) is 5.43 Å². The molecule has 0 bridgehead atoms. The van der Waals surface area contributed by atoms with Crippen molar-refractivity contribution in [2.75, 3.05) is 13.2 Å². The Hall–Kier alpha value is -1.06. The number of halogens is 1. The lowest BCUT2D eigenvalue weighted by atomic mass is 10.2. The van der Waals surface area contributed by atoms with Crippen LogP contribution in [0.3, 0.4) is 0 Å². The van der Waals surface area contributed by atoms with E-state index in [1.165, 1.54) is 12.1 Å². The molecule has 1 aromatic heterocycles. The SMILES string of the molecule is O=c1cc(Cl)[nH]c(C2=CCOC2)c1. The minimum absolute atomic E-state index is 0.0912. The van der Waals surface area contributed by atoms with E-state index in [2.05, 4.69) is 4.98 Å². The summed E-state index contributed by atoms with van der Waals surface area (Å²) in [5.74, 6) is 0. The molecule has 1 N–H and O–H groups in total. The van der Waals surface area contributed by atoms with Gasteiger partial charge in [0.25, 0.3) is 0 Å². The fourth-order valence-electron chi connectivity index (χ4n) is 1.26. The number of H-pyrrole nitrogens is 1. The number of hydrogen-bond donors (Lipinski definition) is 1. The van der Waals surface area contributed by atoms with Crippen molar-refractivity contribution in [1.82, 2.24) is 4.98 Å². The molecule has 0 atom stereocenters.